The number of nitrogens with one attached hydrogen (secondary N) is 2. The number of ether oxygens (including phenoxy) is 1. The van der Waals surface area contributed by atoms with Gasteiger partial charge < -0.3 is 20.5 Å². The predicted molar refractivity (Wildman–Crippen MR) is 74.6 cm³/mol. The molecule has 1 aromatic carbocycles. The maximum absolute atomic E-state index is 11.7. The standard InChI is InChI=1S/C12H15BrN2O4/c1-7(6-19-2)14-12(18)15-10-4-3-8(11(16)17)5-9(10)13/h3-5,7H,6H2,1-2H3,(H,16,17)(H2,14,15,18). The van der Waals surface area contributed by atoms with Crippen molar-refractivity contribution in [3.63, 3.8) is 0 Å². The molecule has 0 radical (unpaired) electrons. The number of aromatic carboxylic acids is 1. The quantitative estimate of drug-likeness (QED) is 0.773. The molecule has 104 valence electrons. The highest BCUT2D eigenvalue weighted by atomic mass is 79.9. The first-order valence-electron chi connectivity index (χ1n) is 5.53. The summed E-state index contributed by atoms with van der Waals surface area (Å²) in [6.07, 6.45) is 0. The van der Waals surface area contributed by atoms with Gasteiger partial charge in [-0.15, -0.1) is 0 Å². The Hall–Kier alpha value is -1.60. The van der Waals surface area contributed by atoms with Crippen LogP contribution in [0.2, 0.25) is 0 Å². The molecule has 1 aromatic rings. The lowest BCUT2D eigenvalue weighted by Gasteiger charge is -2.14. The van der Waals surface area contributed by atoms with Crippen LogP contribution in [0.5, 0.6) is 0 Å². The topological polar surface area (TPSA) is 87.7 Å². The Morgan fingerprint density at radius 3 is 2.68 bits per heavy atom. The van der Waals surface area contributed by atoms with Gasteiger partial charge in [-0.05, 0) is 41.1 Å². The first kappa shape index (κ1) is 15.5. The summed E-state index contributed by atoms with van der Waals surface area (Å²) in [5.74, 6) is -1.02. The molecule has 0 aliphatic heterocycles. The Kier molecular flexibility index (Phi) is 5.78. The zero-order chi connectivity index (χ0) is 14.4. The minimum atomic E-state index is -1.02. The molecule has 0 heterocycles. The van der Waals surface area contributed by atoms with Crippen molar-refractivity contribution in [3.05, 3.63) is 28.2 Å². The molecule has 0 aromatic heterocycles. The van der Waals surface area contributed by atoms with Crippen LogP contribution < -0.4 is 10.6 Å². The third-order valence-electron chi connectivity index (χ3n) is 2.26. The summed E-state index contributed by atoms with van der Waals surface area (Å²) in [5, 5.41) is 14.1. The molecule has 0 aliphatic carbocycles. The van der Waals surface area contributed by atoms with Crippen molar-refractivity contribution in [2.45, 2.75) is 13.0 Å². The molecular formula is C12H15BrN2O4. The first-order chi connectivity index (χ1) is 8.93. The van der Waals surface area contributed by atoms with Gasteiger partial charge in [-0.1, -0.05) is 0 Å². The smallest absolute Gasteiger partial charge is 0.335 e. The summed E-state index contributed by atoms with van der Waals surface area (Å²) in [6.45, 7) is 2.22. The number of carboxylic acids is 1. The Morgan fingerprint density at radius 1 is 1.47 bits per heavy atom. The van der Waals surface area contributed by atoms with Gasteiger partial charge >= 0.3 is 12.0 Å². The second kappa shape index (κ2) is 7.10. The summed E-state index contributed by atoms with van der Waals surface area (Å²) in [6, 6.07) is 3.86. The van der Waals surface area contributed by atoms with E-state index in [0.717, 1.165) is 0 Å². The van der Waals surface area contributed by atoms with E-state index in [1.807, 2.05) is 6.92 Å². The van der Waals surface area contributed by atoms with Crippen LogP contribution >= 0.6 is 15.9 Å². The number of hydrogen-bond acceptors (Lipinski definition) is 3. The van der Waals surface area contributed by atoms with Crippen molar-refractivity contribution >= 4 is 33.6 Å². The average molecular weight is 331 g/mol. The number of hydrogen-bond donors (Lipinski definition) is 3. The van der Waals surface area contributed by atoms with Crippen molar-refractivity contribution in [3.8, 4) is 0 Å². The van der Waals surface area contributed by atoms with Crippen molar-refractivity contribution in [2.75, 3.05) is 19.0 Å². The van der Waals surface area contributed by atoms with E-state index in [1.54, 1.807) is 7.11 Å². The Balaban J connectivity index is 2.67. The van der Waals surface area contributed by atoms with Crippen LogP contribution in [0.25, 0.3) is 0 Å². The molecule has 0 bridgehead atoms. The van der Waals surface area contributed by atoms with Gasteiger partial charge in [0, 0.05) is 11.6 Å². The summed E-state index contributed by atoms with van der Waals surface area (Å²) < 4.78 is 5.41. The number of amides is 2. The number of halogens is 1. The molecule has 0 saturated heterocycles. The van der Waals surface area contributed by atoms with E-state index in [4.69, 9.17) is 9.84 Å². The zero-order valence-corrected chi connectivity index (χ0v) is 12.2. The minimum absolute atomic E-state index is 0.123. The number of anilines is 1. The van der Waals surface area contributed by atoms with E-state index in [0.29, 0.717) is 16.8 Å². The van der Waals surface area contributed by atoms with E-state index in [1.165, 1.54) is 18.2 Å². The van der Waals surface area contributed by atoms with Gasteiger partial charge in [0.2, 0.25) is 0 Å². The molecule has 0 fully saturated rings. The number of methoxy groups -OCH3 is 1. The van der Waals surface area contributed by atoms with E-state index in [9.17, 15) is 9.59 Å². The maximum atomic E-state index is 11.7. The SMILES string of the molecule is COCC(C)NC(=O)Nc1ccc(C(=O)O)cc1Br. The first-order valence-corrected chi connectivity index (χ1v) is 6.32. The van der Waals surface area contributed by atoms with Crippen LogP contribution in [0.1, 0.15) is 17.3 Å². The second-order valence-corrected chi connectivity index (χ2v) is 4.81. The van der Waals surface area contributed by atoms with Gasteiger partial charge in [-0.2, -0.15) is 0 Å². The monoisotopic (exact) mass is 330 g/mol. The van der Waals surface area contributed by atoms with E-state index in [2.05, 4.69) is 26.6 Å². The average Bonchev–Trinajstić information content (AvgIpc) is 2.31. The molecule has 0 saturated carbocycles. The number of benzene rings is 1. The third-order valence-corrected chi connectivity index (χ3v) is 2.91. The molecule has 1 atom stereocenters. The summed E-state index contributed by atoms with van der Waals surface area (Å²) >= 11 is 3.21. The fourth-order valence-electron chi connectivity index (χ4n) is 1.42. The van der Waals surface area contributed by atoms with Crippen LogP contribution in [0.4, 0.5) is 10.5 Å². The van der Waals surface area contributed by atoms with Crippen molar-refractivity contribution in [1.29, 1.82) is 0 Å². The van der Waals surface area contributed by atoms with Gasteiger partial charge in [0.1, 0.15) is 0 Å². The molecule has 1 unspecified atom stereocenters. The molecule has 19 heavy (non-hydrogen) atoms. The summed E-state index contributed by atoms with van der Waals surface area (Å²) in [5.41, 5.74) is 0.637. The van der Waals surface area contributed by atoms with E-state index < -0.39 is 5.97 Å². The van der Waals surface area contributed by atoms with Crippen molar-refractivity contribution < 1.29 is 19.4 Å². The van der Waals surface area contributed by atoms with Crippen LogP contribution in [-0.2, 0) is 4.74 Å². The molecule has 6 nitrogen and oxygen atoms in total. The number of carboxylic acid groups (broad SMARTS) is 1. The summed E-state index contributed by atoms with van der Waals surface area (Å²) in [4.78, 5) is 22.4. The van der Waals surface area contributed by atoms with Crippen molar-refractivity contribution in [1.82, 2.24) is 5.32 Å². The molecule has 0 spiro atoms. The fourth-order valence-corrected chi connectivity index (χ4v) is 1.90. The largest absolute Gasteiger partial charge is 0.478 e. The molecule has 7 heteroatoms. The molecule has 2 amide bonds. The Morgan fingerprint density at radius 2 is 2.16 bits per heavy atom. The second-order valence-electron chi connectivity index (χ2n) is 3.95. The van der Waals surface area contributed by atoms with Crippen molar-refractivity contribution in [2.24, 2.45) is 0 Å². The van der Waals surface area contributed by atoms with Crippen LogP contribution in [0.15, 0.2) is 22.7 Å². The van der Waals surface area contributed by atoms with Gasteiger partial charge in [0.15, 0.2) is 0 Å². The highest BCUT2D eigenvalue weighted by molar-refractivity contribution is 9.10. The lowest BCUT2D eigenvalue weighted by atomic mass is 10.2. The normalized spacial score (nSPS) is 11.7. The highest BCUT2D eigenvalue weighted by Crippen LogP contribution is 2.23. The van der Waals surface area contributed by atoms with Gasteiger partial charge in [-0.25, -0.2) is 9.59 Å². The highest BCUT2D eigenvalue weighted by Gasteiger charge is 2.11. The molecular weight excluding hydrogens is 316 g/mol. The lowest BCUT2D eigenvalue weighted by Crippen LogP contribution is -2.38. The third kappa shape index (κ3) is 4.88. The number of carbonyl (C=O) groups excluding carboxylic acids is 1. The van der Waals surface area contributed by atoms with Crippen LogP contribution in [-0.4, -0.2) is 36.9 Å². The fraction of sp³-hybridized carbons (Fsp3) is 0.333. The van der Waals surface area contributed by atoms with Gasteiger partial charge in [-0.3, -0.25) is 0 Å². The molecule has 3 N–H and O–H groups in total. The maximum Gasteiger partial charge on any atom is 0.335 e. The van der Waals surface area contributed by atoms with Crippen LogP contribution in [0.3, 0.4) is 0 Å². The van der Waals surface area contributed by atoms with Gasteiger partial charge in [0.05, 0.1) is 23.9 Å². The zero-order valence-electron chi connectivity index (χ0n) is 10.6. The number of rotatable bonds is 5. The van der Waals surface area contributed by atoms with E-state index in [-0.39, 0.29) is 17.6 Å². The van der Waals surface area contributed by atoms with E-state index >= 15 is 0 Å². The van der Waals surface area contributed by atoms with Gasteiger partial charge in [0.25, 0.3) is 0 Å². The molecule has 1 rings (SSSR count). The Bertz CT molecular complexity index is 479. The van der Waals surface area contributed by atoms with Crippen LogP contribution in [0, 0.1) is 0 Å². The minimum Gasteiger partial charge on any atom is -0.478 e. The lowest BCUT2D eigenvalue weighted by molar-refractivity contribution is 0.0697. The number of urea groups is 1. The molecule has 0 aliphatic rings. The number of carbonyl (C=O) groups is 2. The Labute approximate surface area is 119 Å². The summed E-state index contributed by atoms with van der Waals surface area (Å²) in [7, 11) is 1.55. The predicted octanol–water partition coefficient (Wildman–Crippen LogP) is 2.30.